The molecule has 0 bridgehead atoms. The van der Waals surface area contributed by atoms with Gasteiger partial charge in [0.15, 0.2) is 0 Å². The van der Waals surface area contributed by atoms with Gasteiger partial charge in [0, 0.05) is 5.92 Å². The molecule has 5 heteroatoms. The second kappa shape index (κ2) is 4.16. The Labute approximate surface area is 98.4 Å². The number of aromatic nitrogens is 1. The maximum atomic E-state index is 11.6. The van der Waals surface area contributed by atoms with Crippen LogP contribution in [0.4, 0.5) is 0 Å². The fourth-order valence-corrected chi connectivity index (χ4v) is 2.11. The number of fused-ring (bicyclic) bond motifs is 1. The van der Waals surface area contributed by atoms with Crippen molar-refractivity contribution < 1.29 is 19.4 Å². The summed E-state index contributed by atoms with van der Waals surface area (Å²) in [5, 5.41) is 8.90. The second-order valence-electron chi connectivity index (χ2n) is 4.06. The van der Waals surface area contributed by atoms with E-state index >= 15 is 0 Å². The zero-order valence-electron chi connectivity index (χ0n) is 9.64. The van der Waals surface area contributed by atoms with E-state index in [9.17, 15) is 9.59 Å². The highest BCUT2D eigenvalue weighted by Gasteiger charge is 2.33. The van der Waals surface area contributed by atoms with Gasteiger partial charge in [-0.3, -0.25) is 0 Å². The molecule has 0 amide bonds. The fraction of sp³-hybridized carbons (Fsp3) is 0.417. The molecule has 0 aromatic carbocycles. The number of ether oxygens (including phenoxy) is 1. The number of carbonyl (C=O) groups excluding carboxylic acids is 1. The minimum absolute atomic E-state index is 0.0379. The standard InChI is InChI=1S/C12H13NO4/c1-3-7-6(2)17-12(16)8-4-5-9(11(14)15)13-10(7)8/h4-7H,3H2,1-2H3,(H,14,15). The van der Waals surface area contributed by atoms with E-state index in [0.717, 1.165) is 6.42 Å². The number of aromatic carboxylic acids is 1. The average molecular weight is 235 g/mol. The van der Waals surface area contributed by atoms with Crippen molar-refractivity contribution in [3.63, 3.8) is 0 Å². The number of cyclic esters (lactones) is 1. The first kappa shape index (κ1) is 11.6. The van der Waals surface area contributed by atoms with E-state index in [2.05, 4.69) is 4.98 Å². The minimum atomic E-state index is -1.09. The molecule has 0 radical (unpaired) electrons. The predicted molar refractivity (Wildman–Crippen MR) is 59.1 cm³/mol. The average Bonchev–Trinajstić information content (AvgIpc) is 2.28. The van der Waals surface area contributed by atoms with Crippen LogP contribution in [0.15, 0.2) is 12.1 Å². The molecule has 0 aliphatic carbocycles. The van der Waals surface area contributed by atoms with Gasteiger partial charge in [-0.2, -0.15) is 0 Å². The lowest BCUT2D eigenvalue weighted by atomic mass is 9.90. The number of hydrogen-bond donors (Lipinski definition) is 1. The summed E-state index contributed by atoms with van der Waals surface area (Å²) < 4.78 is 5.19. The smallest absolute Gasteiger partial charge is 0.354 e. The monoisotopic (exact) mass is 235 g/mol. The normalized spacial score (nSPS) is 22.8. The molecule has 5 nitrogen and oxygen atoms in total. The summed E-state index contributed by atoms with van der Waals surface area (Å²) >= 11 is 0. The lowest BCUT2D eigenvalue weighted by Crippen LogP contribution is -2.31. The first-order chi connectivity index (χ1) is 8.04. The second-order valence-corrected chi connectivity index (χ2v) is 4.06. The molecule has 0 fully saturated rings. The molecule has 17 heavy (non-hydrogen) atoms. The number of esters is 1. The van der Waals surface area contributed by atoms with Crippen LogP contribution in [-0.4, -0.2) is 28.1 Å². The van der Waals surface area contributed by atoms with E-state index in [1.54, 1.807) is 6.92 Å². The van der Waals surface area contributed by atoms with E-state index in [0.29, 0.717) is 11.3 Å². The van der Waals surface area contributed by atoms with Gasteiger partial charge in [0.1, 0.15) is 11.8 Å². The van der Waals surface area contributed by atoms with Crippen LogP contribution in [0.1, 0.15) is 52.7 Å². The molecule has 1 aromatic heterocycles. The van der Waals surface area contributed by atoms with Crippen LogP contribution in [-0.2, 0) is 4.74 Å². The summed E-state index contributed by atoms with van der Waals surface area (Å²) in [7, 11) is 0. The molecule has 1 aliphatic heterocycles. The summed E-state index contributed by atoms with van der Waals surface area (Å²) in [4.78, 5) is 26.6. The number of hydrogen-bond acceptors (Lipinski definition) is 4. The van der Waals surface area contributed by atoms with E-state index in [4.69, 9.17) is 9.84 Å². The SMILES string of the molecule is CCC1c2nc(C(=O)O)ccc2C(=O)OC1C. The van der Waals surface area contributed by atoms with Crippen molar-refractivity contribution in [1.82, 2.24) is 4.98 Å². The highest BCUT2D eigenvalue weighted by molar-refractivity contribution is 5.93. The van der Waals surface area contributed by atoms with Gasteiger partial charge in [-0.05, 0) is 25.5 Å². The van der Waals surface area contributed by atoms with E-state index in [-0.39, 0.29) is 17.7 Å². The molecular formula is C12H13NO4. The summed E-state index contributed by atoms with van der Waals surface area (Å²) in [6.45, 7) is 3.75. The van der Waals surface area contributed by atoms with E-state index in [1.165, 1.54) is 12.1 Å². The lowest BCUT2D eigenvalue weighted by molar-refractivity contribution is 0.0213. The molecule has 0 saturated heterocycles. The molecular weight excluding hydrogens is 222 g/mol. The molecule has 0 spiro atoms. The van der Waals surface area contributed by atoms with Crippen molar-refractivity contribution in [2.75, 3.05) is 0 Å². The van der Waals surface area contributed by atoms with Gasteiger partial charge in [0.05, 0.1) is 11.3 Å². The molecule has 2 unspecified atom stereocenters. The summed E-state index contributed by atoms with van der Waals surface area (Å²) in [5.41, 5.74) is 0.875. The number of pyridine rings is 1. The zero-order chi connectivity index (χ0) is 12.6. The molecule has 1 aliphatic rings. The van der Waals surface area contributed by atoms with Crippen LogP contribution in [0, 0.1) is 0 Å². The van der Waals surface area contributed by atoms with Crippen LogP contribution < -0.4 is 0 Å². The van der Waals surface area contributed by atoms with Crippen molar-refractivity contribution in [1.29, 1.82) is 0 Å². The molecule has 0 saturated carbocycles. The maximum Gasteiger partial charge on any atom is 0.354 e. The summed E-state index contributed by atoms with van der Waals surface area (Å²) in [6.07, 6.45) is 0.480. The van der Waals surface area contributed by atoms with Crippen molar-refractivity contribution >= 4 is 11.9 Å². The van der Waals surface area contributed by atoms with Gasteiger partial charge in [-0.25, -0.2) is 14.6 Å². The quantitative estimate of drug-likeness (QED) is 0.791. The third kappa shape index (κ3) is 1.88. The van der Waals surface area contributed by atoms with E-state index < -0.39 is 11.9 Å². The first-order valence-corrected chi connectivity index (χ1v) is 5.49. The van der Waals surface area contributed by atoms with Crippen LogP contribution in [0.2, 0.25) is 0 Å². The Hall–Kier alpha value is -1.91. The molecule has 2 rings (SSSR count). The minimum Gasteiger partial charge on any atom is -0.477 e. The Bertz CT molecular complexity index is 483. The molecule has 2 heterocycles. The van der Waals surface area contributed by atoms with Crippen LogP contribution >= 0.6 is 0 Å². The van der Waals surface area contributed by atoms with Crippen LogP contribution in [0.3, 0.4) is 0 Å². The van der Waals surface area contributed by atoms with Crippen LogP contribution in [0.5, 0.6) is 0 Å². The number of carboxylic acids is 1. The Kier molecular flexibility index (Phi) is 2.83. The highest BCUT2D eigenvalue weighted by atomic mass is 16.5. The molecule has 1 N–H and O–H groups in total. The van der Waals surface area contributed by atoms with Crippen molar-refractivity contribution in [2.24, 2.45) is 0 Å². The molecule has 1 aromatic rings. The zero-order valence-corrected chi connectivity index (χ0v) is 9.64. The van der Waals surface area contributed by atoms with Gasteiger partial charge in [-0.15, -0.1) is 0 Å². The third-order valence-electron chi connectivity index (χ3n) is 3.01. The molecule has 90 valence electrons. The molecule has 2 atom stereocenters. The van der Waals surface area contributed by atoms with E-state index in [1.807, 2.05) is 6.92 Å². The maximum absolute atomic E-state index is 11.6. The van der Waals surface area contributed by atoms with Gasteiger partial charge >= 0.3 is 11.9 Å². The topological polar surface area (TPSA) is 76.5 Å². The third-order valence-corrected chi connectivity index (χ3v) is 3.01. The fourth-order valence-electron chi connectivity index (χ4n) is 2.11. The number of carboxylic acid groups (broad SMARTS) is 1. The van der Waals surface area contributed by atoms with Crippen LogP contribution in [0.25, 0.3) is 0 Å². The first-order valence-electron chi connectivity index (χ1n) is 5.49. The summed E-state index contributed by atoms with van der Waals surface area (Å²) in [5.74, 6) is -1.56. The van der Waals surface area contributed by atoms with Crippen molar-refractivity contribution in [3.8, 4) is 0 Å². The largest absolute Gasteiger partial charge is 0.477 e. The van der Waals surface area contributed by atoms with Crippen molar-refractivity contribution in [3.05, 3.63) is 29.1 Å². The number of rotatable bonds is 2. The Morgan fingerprint density at radius 1 is 1.53 bits per heavy atom. The lowest BCUT2D eigenvalue weighted by Gasteiger charge is -2.29. The van der Waals surface area contributed by atoms with Gasteiger partial charge in [-0.1, -0.05) is 6.92 Å². The Morgan fingerprint density at radius 2 is 2.24 bits per heavy atom. The van der Waals surface area contributed by atoms with Gasteiger partial charge < -0.3 is 9.84 Å². The van der Waals surface area contributed by atoms with Crippen molar-refractivity contribution in [2.45, 2.75) is 32.3 Å². The summed E-state index contributed by atoms with van der Waals surface area (Å²) in [6, 6.07) is 2.80. The van der Waals surface area contributed by atoms with Gasteiger partial charge in [0.2, 0.25) is 0 Å². The Balaban J connectivity index is 2.55. The predicted octanol–water partition coefficient (Wildman–Crippen LogP) is 1.83. The Morgan fingerprint density at radius 3 is 2.82 bits per heavy atom. The number of nitrogens with zero attached hydrogens (tertiary/aromatic N) is 1. The van der Waals surface area contributed by atoms with Gasteiger partial charge in [0.25, 0.3) is 0 Å². The highest BCUT2D eigenvalue weighted by Crippen LogP contribution is 2.32. The number of carbonyl (C=O) groups is 2.